The Balaban J connectivity index is 2.07. The fourth-order valence-corrected chi connectivity index (χ4v) is 5.20. The summed E-state index contributed by atoms with van der Waals surface area (Å²) < 4.78 is 0. The SMILES string of the molecule is Nc1cc(S)c(N)c(C(Cc2ccccc2)=C(c2nccs2)c2nccs2)c1S. The molecule has 0 radical (unpaired) electrons. The summed E-state index contributed by atoms with van der Waals surface area (Å²) in [5, 5.41) is 5.66. The summed E-state index contributed by atoms with van der Waals surface area (Å²) >= 11 is 12.4. The number of allylic oxidation sites excluding steroid dienone is 1. The van der Waals surface area contributed by atoms with Crippen LogP contribution in [-0.4, -0.2) is 9.97 Å². The molecule has 29 heavy (non-hydrogen) atoms. The fraction of sp³-hybridized carbons (Fsp3) is 0.0476. The van der Waals surface area contributed by atoms with Gasteiger partial charge in [-0.25, -0.2) is 9.97 Å². The van der Waals surface area contributed by atoms with Crippen molar-refractivity contribution in [2.45, 2.75) is 16.2 Å². The van der Waals surface area contributed by atoms with Gasteiger partial charge in [0.05, 0.1) is 11.3 Å². The molecule has 0 fully saturated rings. The van der Waals surface area contributed by atoms with Crippen molar-refractivity contribution in [3.05, 3.63) is 80.7 Å². The molecule has 0 aliphatic rings. The van der Waals surface area contributed by atoms with E-state index in [-0.39, 0.29) is 0 Å². The number of benzene rings is 2. The molecule has 0 spiro atoms. The van der Waals surface area contributed by atoms with Crippen molar-refractivity contribution in [2.75, 3.05) is 11.5 Å². The summed E-state index contributed by atoms with van der Waals surface area (Å²) in [6.07, 6.45) is 4.22. The van der Waals surface area contributed by atoms with E-state index in [2.05, 4.69) is 34.7 Å². The number of nitrogens with zero attached hydrogens (tertiary/aromatic N) is 2. The minimum Gasteiger partial charge on any atom is -0.398 e. The van der Waals surface area contributed by atoms with Crippen LogP contribution < -0.4 is 11.5 Å². The van der Waals surface area contributed by atoms with Crippen LogP contribution >= 0.6 is 47.9 Å². The van der Waals surface area contributed by atoms with Crippen molar-refractivity contribution in [2.24, 2.45) is 0 Å². The molecule has 146 valence electrons. The summed E-state index contributed by atoms with van der Waals surface area (Å²) in [6.45, 7) is 0. The second kappa shape index (κ2) is 8.62. The summed E-state index contributed by atoms with van der Waals surface area (Å²) in [5.74, 6) is 0. The number of thiol groups is 2. The van der Waals surface area contributed by atoms with Gasteiger partial charge in [-0.05, 0) is 23.6 Å². The molecule has 0 amide bonds. The molecule has 0 saturated heterocycles. The lowest BCUT2D eigenvalue weighted by Gasteiger charge is -2.19. The number of nitrogen functional groups attached to an aromatic ring is 2. The van der Waals surface area contributed by atoms with Gasteiger partial charge in [-0.1, -0.05) is 30.3 Å². The molecule has 4 rings (SSSR count). The number of anilines is 2. The Morgan fingerprint density at radius 2 is 1.55 bits per heavy atom. The number of hydrogen-bond donors (Lipinski definition) is 4. The Labute approximate surface area is 188 Å². The number of aromatic nitrogens is 2. The van der Waals surface area contributed by atoms with E-state index in [9.17, 15) is 0 Å². The van der Waals surface area contributed by atoms with Gasteiger partial charge in [0.25, 0.3) is 0 Å². The van der Waals surface area contributed by atoms with Gasteiger partial charge >= 0.3 is 0 Å². The average Bonchev–Trinajstić information content (AvgIpc) is 3.42. The van der Waals surface area contributed by atoms with Gasteiger partial charge < -0.3 is 11.5 Å². The standard InChI is InChI=1S/C21H18N4S4/c22-14-11-15(26)18(23)16(19(14)27)13(10-12-4-2-1-3-5-12)17(20-24-6-8-28-20)21-25-7-9-29-21/h1-9,11,26-27H,10,22-23H2. The number of thiazole rings is 2. The highest BCUT2D eigenvalue weighted by Gasteiger charge is 2.23. The van der Waals surface area contributed by atoms with E-state index in [1.165, 1.54) is 0 Å². The van der Waals surface area contributed by atoms with E-state index >= 15 is 0 Å². The number of rotatable bonds is 5. The Bertz CT molecular complexity index is 1090. The van der Waals surface area contributed by atoms with Crippen molar-refractivity contribution in [3.63, 3.8) is 0 Å². The zero-order valence-electron chi connectivity index (χ0n) is 15.2. The Morgan fingerprint density at radius 1 is 0.931 bits per heavy atom. The molecule has 2 heterocycles. The monoisotopic (exact) mass is 454 g/mol. The van der Waals surface area contributed by atoms with Gasteiger partial charge in [0.2, 0.25) is 0 Å². The first kappa shape index (κ1) is 20.0. The highest BCUT2D eigenvalue weighted by Crippen LogP contribution is 2.43. The predicted octanol–water partition coefficient (Wildman–Crippen LogP) is 5.54. The van der Waals surface area contributed by atoms with Crippen LogP contribution in [0.25, 0.3) is 11.1 Å². The zero-order chi connectivity index (χ0) is 20.4. The zero-order valence-corrected chi connectivity index (χ0v) is 18.7. The number of hydrogen-bond acceptors (Lipinski definition) is 8. The van der Waals surface area contributed by atoms with Crippen molar-refractivity contribution in [3.8, 4) is 0 Å². The highest BCUT2D eigenvalue weighted by atomic mass is 32.1. The lowest BCUT2D eigenvalue weighted by Crippen LogP contribution is -2.05. The molecule has 0 unspecified atom stereocenters. The first-order valence-electron chi connectivity index (χ1n) is 8.73. The average molecular weight is 455 g/mol. The minimum atomic E-state index is 0.533. The van der Waals surface area contributed by atoms with Crippen molar-refractivity contribution in [1.82, 2.24) is 9.97 Å². The maximum atomic E-state index is 6.50. The Hall–Kier alpha value is -2.26. The van der Waals surface area contributed by atoms with E-state index < -0.39 is 0 Å². The summed E-state index contributed by atoms with van der Waals surface area (Å²) in [5.41, 5.74) is 17.7. The lowest BCUT2D eigenvalue weighted by molar-refractivity contribution is 1.23. The van der Waals surface area contributed by atoms with Gasteiger partial charge in [0, 0.05) is 44.2 Å². The molecule has 4 aromatic rings. The van der Waals surface area contributed by atoms with Gasteiger partial charge in [-0.15, -0.1) is 47.9 Å². The first-order valence-corrected chi connectivity index (χ1v) is 11.4. The third-order valence-corrected chi connectivity index (χ3v) is 6.90. The molecule has 0 atom stereocenters. The smallest absolute Gasteiger partial charge is 0.126 e. The molecule has 4 N–H and O–H groups in total. The van der Waals surface area contributed by atoms with E-state index in [0.717, 1.165) is 32.3 Å². The lowest BCUT2D eigenvalue weighted by atomic mass is 9.92. The quantitative estimate of drug-likeness (QED) is 0.236. The van der Waals surface area contributed by atoms with Crippen LogP contribution in [0.1, 0.15) is 21.1 Å². The first-order chi connectivity index (χ1) is 14.1. The van der Waals surface area contributed by atoms with Gasteiger partial charge in [-0.2, -0.15) is 0 Å². The third-order valence-electron chi connectivity index (χ3n) is 4.47. The predicted molar refractivity (Wildman–Crippen MR) is 130 cm³/mol. The number of nitrogens with two attached hydrogens (primary N) is 2. The van der Waals surface area contributed by atoms with Crippen LogP contribution in [-0.2, 0) is 6.42 Å². The molecule has 0 aliphatic carbocycles. The van der Waals surface area contributed by atoms with Crippen LogP contribution in [0.2, 0.25) is 0 Å². The fourth-order valence-electron chi connectivity index (χ4n) is 3.14. The normalized spacial score (nSPS) is 10.8. The van der Waals surface area contributed by atoms with Crippen LogP contribution in [0.5, 0.6) is 0 Å². The second-order valence-corrected chi connectivity index (χ2v) is 9.03. The van der Waals surface area contributed by atoms with Crippen LogP contribution in [0, 0.1) is 0 Å². The van der Waals surface area contributed by atoms with E-state index in [0.29, 0.717) is 27.6 Å². The molecule has 0 bridgehead atoms. The largest absolute Gasteiger partial charge is 0.398 e. The minimum absolute atomic E-state index is 0.533. The van der Waals surface area contributed by atoms with Crippen LogP contribution in [0.4, 0.5) is 11.4 Å². The van der Waals surface area contributed by atoms with E-state index in [4.69, 9.17) is 24.1 Å². The highest BCUT2D eigenvalue weighted by molar-refractivity contribution is 7.81. The van der Waals surface area contributed by atoms with Gasteiger partial charge in [-0.3, -0.25) is 0 Å². The molecule has 2 aromatic heterocycles. The third kappa shape index (κ3) is 4.06. The summed E-state index contributed by atoms with van der Waals surface area (Å²) in [4.78, 5) is 10.4. The molecule has 2 aromatic carbocycles. The van der Waals surface area contributed by atoms with Crippen molar-refractivity contribution < 1.29 is 0 Å². The summed E-state index contributed by atoms with van der Waals surface area (Å²) in [7, 11) is 0. The summed E-state index contributed by atoms with van der Waals surface area (Å²) in [6, 6.07) is 12.0. The Kier molecular flexibility index (Phi) is 5.96. The van der Waals surface area contributed by atoms with E-state index in [1.54, 1.807) is 41.1 Å². The van der Waals surface area contributed by atoms with Crippen LogP contribution in [0.3, 0.4) is 0 Å². The van der Waals surface area contributed by atoms with Crippen molar-refractivity contribution >= 4 is 70.5 Å². The molecular weight excluding hydrogens is 437 g/mol. The second-order valence-electron chi connectivity index (χ2n) is 6.31. The Morgan fingerprint density at radius 3 is 2.10 bits per heavy atom. The maximum absolute atomic E-state index is 6.50. The van der Waals surface area contributed by atoms with Crippen LogP contribution in [0.15, 0.2) is 69.3 Å². The van der Waals surface area contributed by atoms with Gasteiger partial charge in [0.1, 0.15) is 10.0 Å². The molecule has 4 nitrogen and oxygen atoms in total. The van der Waals surface area contributed by atoms with Gasteiger partial charge in [0.15, 0.2) is 0 Å². The molecular formula is C21H18N4S4. The molecule has 8 heteroatoms. The molecule has 0 aliphatic heterocycles. The van der Waals surface area contributed by atoms with E-state index in [1.807, 2.05) is 29.0 Å². The maximum Gasteiger partial charge on any atom is 0.126 e. The topological polar surface area (TPSA) is 77.8 Å². The molecule has 0 saturated carbocycles. The van der Waals surface area contributed by atoms with Crippen molar-refractivity contribution in [1.29, 1.82) is 0 Å².